The lowest BCUT2D eigenvalue weighted by molar-refractivity contribution is 0.377. The lowest BCUT2D eigenvalue weighted by Crippen LogP contribution is -2.06. The van der Waals surface area contributed by atoms with Gasteiger partial charge in [-0.3, -0.25) is 0 Å². The number of aromatic nitrogens is 2. The van der Waals surface area contributed by atoms with E-state index >= 15 is 0 Å². The third-order valence-corrected chi connectivity index (χ3v) is 2.81. The molecule has 0 atom stereocenters. The summed E-state index contributed by atoms with van der Waals surface area (Å²) in [5, 5.41) is 4.33. The number of para-hydroxylation sites is 1. The van der Waals surface area contributed by atoms with E-state index in [0.29, 0.717) is 24.5 Å². The molecule has 1 aromatic heterocycles. The Morgan fingerprint density at radius 3 is 2.72 bits per heavy atom. The van der Waals surface area contributed by atoms with Crippen LogP contribution in [0.3, 0.4) is 0 Å². The minimum absolute atomic E-state index is 0.336. The van der Waals surface area contributed by atoms with Crippen LogP contribution in [-0.2, 0) is 6.42 Å². The summed E-state index contributed by atoms with van der Waals surface area (Å²) >= 11 is 0. The predicted octanol–water partition coefficient (Wildman–Crippen LogP) is 1.83. The fourth-order valence-electron chi connectivity index (χ4n) is 1.97. The van der Waals surface area contributed by atoms with Crippen molar-refractivity contribution in [3.8, 4) is 11.6 Å². The smallest absolute Gasteiger partial charge is 0.220 e. The van der Waals surface area contributed by atoms with Gasteiger partial charge in [0.1, 0.15) is 11.5 Å². The average molecular weight is 249 g/mol. The monoisotopic (exact) mass is 249 g/mol. The van der Waals surface area contributed by atoms with E-state index < -0.39 is 0 Å². The minimum Gasteiger partial charge on any atom is -0.481 e. The van der Waals surface area contributed by atoms with Crippen molar-refractivity contribution in [2.45, 2.75) is 13.3 Å². The van der Waals surface area contributed by atoms with E-state index in [1.54, 1.807) is 25.3 Å². The molecule has 0 radical (unpaired) electrons. The van der Waals surface area contributed by atoms with Crippen LogP contribution in [0, 0.1) is 12.7 Å². The molecule has 1 aromatic carbocycles. The molecule has 0 fully saturated rings. The molecular formula is C13H16FN3O. The molecule has 0 aliphatic heterocycles. The number of nitrogens with two attached hydrogens (primary N) is 1. The van der Waals surface area contributed by atoms with Crippen LogP contribution in [-0.4, -0.2) is 23.4 Å². The van der Waals surface area contributed by atoms with Gasteiger partial charge in [-0.2, -0.15) is 9.78 Å². The Kier molecular flexibility index (Phi) is 3.62. The highest BCUT2D eigenvalue weighted by Gasteiger charge is 2.18. The zero-order valence-corrected chi connectivity index (χ0v) is 10.5. The zero-order valence-electron chi connectivity index (χ0n) is 10.5. The van der Waals surface area contributed by atoms with Crippen molar-refractivity contribution < 1.29 is 9.13 Å². The van der Waals surface area contributed by atoms with Gasteiger partial charge in [0.15, 0.2) is 0 Å². The molecule has 18 heavy (non-hydrogen) atoms. The number of hydrogen-bond donors (Lipinski definition) is 1. The third kappa shape index (κ3) is 2.09. The minimum atomic E-state index is -0.336. The maximum Gasteiger partial charge on any atom is 0.220 e. The van der Waals surface area contributed by atoms with Crippen molar-refractivity contribution in [2.75, 3.05) is 13.7 Å². The molecular weight excluding hydrogens is 233 g/mol. The summed E-state index contributed by atoms with van der Waals surface area (Å²) in [6, 6.07) is 6.46. The second-order valence-electron chi connectivity index (χ2n) is 3.98. The largest absolute Gasteiger partial charge is 0.481 e. The summed E-state index contributed by atoms with van der Waals surface area (Å²) in [7, 11) is 1.55. The molecule has 0 saturated carbocycles. The van der Waals surface area contributed by atoms with Crippen molar-refractivity contribution in [2.24, 2.45) is 5.73 Å². The maximum absolute atomic E-state index is 13.8. The van der Waals surface area contributed by atoms with Crippen LogP contribution < -0.4 is 10.5 Å². The Labute approximate surface area is 105 Å². The van der Waals surface area contributed by atoms with Gasteiger partial charge in [-0.15, -0.1) is 0 Å². The standard InChI is InChI=1S/C13H16FN3O/c1-9-10(7-8-15)13(18-2)17(16-9)12-6-4-3-5-11(12)14/h3-6H,7-8,15H2,1-2H3. The molecule has 0 amide bonds. The summed E-state index contributed by atoms with van der Waals surface area (Å²) in [5.41, 5.74) is 7.67. The molecule has 2 N–H and O–H groups in total. The van der Waals surface area contributed by atoms with Gasteiger partial charge in [0.05, 0.1) is 12.8 Å². The first-order chi connectivity index (χ1) is 8.69. The van der Waals surface area contributed by atoms with Gasteiger partial charge in [0.2, 0.25) is 5.88 Å². The summed E-state index contributed by atoms with van der Waals surface area (Å²) in [6.45, 7) is 2.37. The van der Waals surface area contributed by atoms with Gasteiger partial charge in [0, 0.05) is 5.56 Å². The Balaban J connectivity index is 2.58. The molecule has 0 aliphatic carbocycles. The van der Waals surface area contributed by atoms with E-state index in [0.717, 1.165) is 11.3 Å². The van der Waals surface area contributed by atoms with Crippen LogP contribution in [0.15, 0.2) is 24.3 Å². The molecule has 2 rings (SSSR count). The normalized spacial score (nSPS) is 10.7. The summed E-state index contributed by atoms with van der Waals surface area (Å²) in [6.07, 6.45) is 0.656. The van der Waals surface area contributed by atoms with Gasteiger partial charge < -0.3 is 10.5 Å². The number of nitrogens with zero attached hydrogens (tertiary/aromatic N) is 2. The van der Waals surface area contributed by atoms with E-state index in [1.165, 1.54) is 10.7 Å². The van der Waals surface area contributed by atoms with Gasteiger partial charge in [-0.1, -0.05) is 12.1 Å². The molecule has 0 saturated heterocycles. The number of ether oxygens (including phenoxy) is 1. The Bertz CT molecular complexity index is 551. The van der Waals surface area contributed by atoms with E-state index in [9.17, 15) is 4.39 Å². The zero-order chi connectivity index (χ0) is 13.1. The van der Waals surface area contributed by atoms with Gasteiger partial charge in [-0.05, 0) is 32.0 Å². The first-order valence-corrected chi connectivity index (χ1v) is 5.76. The van der Waals surface area contributed by atoms with E-state index in [1.807, 2.05) is 6.92 Å². The molecule has 1 heterocycles. The number of benzene rings is 1. The van der Waals surface area contributed by atoms with Crippen LogP contribution in [0.1, 0.15) is 11.3 Å². The molecule has 0 bridgehead atoms. The highest BCUT2D eigenvalue weighted by Crippen LogP contribution is 2.26. The highest BCUT2D eigenvalue weighted by molar-refractivity contribution is 5.42. The van der Waals surface area contributed by atoms with Gasteiger partial charge in [0.25, 0.3) is 0 Å². The second-order valence-corrected chi connectivity index (χ2v) is 3.98. The van der Waals surface area contributed by atoms with Crippen molar-refractivity contribution >= 4 is 0 Å². The number of halogens is 1. The van der Waals surface area contributed by atoms with Crippen molar-refractivity contribution in [1.82, 2.24) is 9.78 Å². The lowest BCUT2D eigenvalue weighted by Gasteiger charge is -2.08. The maximum atomic E-state index is 13.8. The van der Waals surface area contributed by atoms with Crippen molar-refractivity contribution in [3.05, 3.63) is 41.3 Å². The molecule has 2 aromatic rings. The third-order valence-electron chi connectivity index (χ3n) is 2.81. The molecule has 0 spiro atoms. The Morgan fingerprint density at radius 1 is 1.39 bits per heavy atom. The number of methoxy groups -OCH3 is 1. The molecule has 0 aliphatic rings. The van der Waals surface area contributed by atoms with Crippen LogP contribution in [0.2, 0.25) is 0 Å². The van der Waals surface area contributed by atoms with Crippen molar-refractivity contribution in [1.29, 1.82) is 0 Å². The predicted molar refractivity (Wildman–Crippen MR) is 67.6 cm³/mol. The highest BCUT2D eigenvalue weighted by atomic mass is 19.1. The van der Waals surface area contributed by atoms with Crippen LogP contribution in [0.25, 0.3) is 5.69 Å². The number of aryl methyl sites for hydroxylation is 1. The van der Waals surface area contributed by atoms with E-state index in [2.05, 4.69) is 5.10 Å². The quantitative estimate of drug-likeness (QED) is 0.899. The summed E-state index contributed by atoms with van der Waals surface area (Å²) in [5.74, 6) is 0.209. The van der Waals surface area contributed by atoms with E-state index in [4.69, 9.17) is 10.5 Å². The average Bonchev–Trinajstić information content (AvgIpc) is 2.67. The van der Waals surface area contributed by atoms with Crippen LogP contribution >= 0.6 is 0 Å². The molecule has 0 unspecified atom stereocenters. The molecule has 5 heteroatoms. The topological polar surface area (TPSA) is 53.1 Å². The molecule has 4 nitrogen and oxygen atoms in total. The van der Waals surface area contributed by atoms with E-state index in [-0.39, 0.29) is 5.82 Å². The fraction of sp³-hybridized carbons (Fsp3) is 0.308. The van der Waals surface area contributed by atoms with Crippen LogP contribution in [0.4, 0.5) is 4.39 Å². The first kappa shape index (κ1) is 12.6. The Hall–Kier alpha value is -1.88. The number of rotatable bonds is 4. The first-order valence-electron chi connectivity index (χ1n) is 5.76. The van der Waals surface area contributed by atoms with Gasteiger partial charge >= 0.3 is 0 Å². The summed E-state index contributed by atoms with van der Waals surface area (Å²) in [4.78, 5) is 0. The summed E-state index contributed by atoms with van der Waals surface area (Å²) < 4.78 is 20.6. The van der Waals surface area contributed by atoms with Crippen LogP contribution in [0.5, 0.6) is 5.88 Å². The Morgan fingerprint density at radius 2 is 2.11 bits per heavy atom. The number of hydrogen-bond acceptors (Lipinski definition) is 3. The fourth-order valence-corrected chi connectivity index (χ4v) is 1.97. The lowest BCUT2D eigenvalue weighted by atomic mass is 10.2. The second kappa shape index (κ2) is 5.18. The van der Waals surface area contributed by atoms with Crippen molar-refractivity contribution in [3.63, 3.8) is 0 Å². The molecule has 96 valence electrons. The van der Waals surface area contributed by atoms with Gasteiger partial charge in [-0.25, -0.2) is 4.39 Å². The SMILES string of the molecule is COc1c(CCN)c(C)nn1-c1ccccc1F.